The summed E-state index contributed by atoms with van der Waals surface area (Å²) in [6.07, 6.45) is 0. The summed E-state index contributed by atoms with van der Waals surface area (Å²) in [7, 11) is 1.34. The highest BCUT2D eigenvalue weighted by Gasteiger charge is 2.31. The Balaban J connectivity index is 2.43. The number of ether oxygens (including phenoxy) is 1. The molecule has 96 valence electrons. The van der Waals surface area contributed by atoms with Gasteiger partial charge in [0.25, 0.3) is 0 Å². The first-order valence-electron chi connectivity index (χ1n) is 5.75. The minimum absolute atomic E-state index is 0.339. The van der Waals surface area contributed by atoms with Crippen molar-refractivity contribution >= 4 is 17.0 Å². The van der Waals surface area contributed by atoms with Crippen molar-refractivity contribution < 1.29 is 9.53 Å². The highest BCUT2D eigenvalue weighted by Crippen LogP contribution is 2.18. The van der Waals surface area contributed by atoms with E-state index in [2.05, 4.69) is 4.98 Å². The Labute approximate surface area is 106 Å². The molecule has 18 heavy (non-hydrogen) atoms. The van der Waals surface area contributed by atoms with E-state index >= 15 is 0 Å². The SMILES string of the molecule is COC(=O)C(C)(N)Cn1c(C)nc2ccccc21. The van der Waals surface area contributed by atoms with Gasteiger partial charge in [-0.15, -0.1) is 0 Å². The molecule has 2 N–H and O–H groups in total. The average molecular weight is 247 g/mol. The smallest absolute Gasteiger partial charge is 0.327 e. The molecule has 5 nitrogen and oxygen atoms in total. The monoisotopic (exact) mass is 247 g/mol. The van der Waals surface area contributed by atoms with E-state index in [1.165, 1.54) is 7.11 Å². The fourth-order valence-electron chi connectivity index (χ4n) is 2.02. The van der Waals surface area contributed by atoms with Crippen LogP contribution in [0.5, 0.6) is 0 Å². The van der Waals surface area contributed by atoms with E-state index in [1.54, 1.807) is 6.92 Å². The minimum atomic E-state index is -1.07. The summed E-state index contributed by atoms with van der Waals surface area (Å²) >= 11 is 0. The molecule has 1 atom stereocenters. The molecule has 5 heteroatoms. The standard InChI is InChI=1S/C13H17N3O2/c1-9-15-10-6-4-5-7-11(10)16(9)8-13(2,14)12(17)18-3/h4-7H,8,14H2,1-3H3. The lowest BCUT2D eigenvalue weighted by Crippen LogP contribution is -2.49. The summed E-state index contributed by atoms with van der Waals surface area (Å²) in [5.74, 6) is 0.399. The van der Waals surface area contributed by atoms with Gasteiger partial charge >= 0.3 is 5.97 Å². The molecular weight excluding hydrogens is 230 g/mol. The Morgan fingerprint density at radius 2 is 2.17 bits per heavy atom. The van der Waals surface area contributed by atoms with Crippen LogP contribution in [0.25, 0.3) is 11.0 Å². The van der Waals surface area contributed by atoms with E-state index in [0.717, 1.165) is 16.9 Å². The van der Waals surface area contributed by atoms with Gasteiger partial charge in [0.2, 0.25) is 0 Å². The molecule has 1 heterocycles. The van der Waals surface area contributed by atoms with Gasteiger partial charge in [-0.25, -0.2) is 4.98 Å². The zero-order valence-electron chi connectivity index (χ0n) is 10.8. The van der Waals surface area contributed by atoms with E-state index in [-0.39, 0.29) is 0 Å². The van der Waals surface area contributed by atoms with E-state index in [1.807, 2.05) is 35.8 Å². The van der Waals surface area contributed by atoms with E-state index in [4.69, 9.17) is 10.5 Å². The van der Waals surface area contributed by atoms with Gasteiger partial charge in [-0.1, -0.05) is 12.1 Å². The van der Waals surface area contributed by atoms with Crippen molar-refractivity contribution in [2.24, 2.45) is 5.73 Å². The third kappa shape index (κ3) is 2.09. The number of aryl methyl sites for hydroxylation is 1. The molecule has 1 aromatic heterocycles. The quantitative estimate of drug-likeness (QED) is 0.828. The third-order valence-corrected chi connectivity index (χ3v) is 2.98. The number of hydrogen-bond acceptors (Lipinski definition) is 4. The first-order chi connectivity index (χ1) is 8.45. The van der Waals surface area contributed by atoms with Gasteiger partial charge in [0.05, 0.1) is 24.7 Å². The van der Waals surface area contributed by atoms with E-state index in [0.29, 0.717) is 6.54 Å². The maximum atomic E-state index is 11.6. The van der Waals surface area contributed by atoms with Gasteiger partial charge in [0.15, 0.2) is 0 Å². The predicted molar refractivity (Wildman–Crippen MR) is 69.1 cm³/mol. The van der Waals surface area contributed by atoms with Crippen molar-refractivity contribution in [3.8, 4) is 0 Å². The van der Waals surface area contributed by atoms with E-state index in [9.17, 15) is 4.79 Å². The van der Waals surface area contributed by atoms with Gasteiger partial charge in [0, 0.05) is 0 Å². The van der Waals surface area contributed by atoms with E-state index < -0.39 is 11.5 Å². The fourth-order valence-corrected chi connectivity index (χ4v) is 2.02. The fraction of sp³-hybridized carbons (Fsp3) is 0.385. The number of rotatable bonds is 3. The molecule has 0 aliphatic carbocycles. The summed E-state index contributed by atoms with van der Waals surface area (Å²) < 4.78 is 6.65. The summed E-state index contributed by atoms with van der Waals surface area (Å²) in [6, 6.07) is 7.76. The zero-order chi connectivity index (χ0) is 13.3. The molecular formula is C13H17N3O2. The van der Waals surface area contributed by atoms with Crippen LogP contribution in [-0.4, -0.2) is 28.2 Å². The Morgan fingerprint density at radius 3 is 2.83 bits per heavy atom. The van der Waals surface area contributed by atoms with Gasteiger partial charge in [-0.3, -0.25) is 4.79 Å². The van der Waals surface area contributed by atoms with Crippen LogP contribution >= 0.6 is 0 Å². The van der Waals surface area contributed by atoms with Crippen molar-refractivity contribution in [3.05, 3.63) is 30.1 Å². The number of nitrogens with zero attached hydrogens (tertiary/aromatic N) is 2. The second kappa shape index (κ2) is 4.42. The number of nitrogens with two attached hydrogens (primary N) is 1. The van der Waals surface area contributed by atoms with Gasteiger partial charge < -0.3 is 15.0 Å². The molecule has 2 aromatic rings. The number of aromatic nitrogens is 2. The number of imidazole rings is 1. The molecule has 0 spiro atoms. The normalized spacial score (nSPS) is 14.4. The van der Waals surface area contributed by atoms with Crippen LogP contribution in [-0.2, 0) is 16.1 Å². The molecule has 0 radical (unpaired) electrons. The zero-order valence-corrected chi connectivity index (χ0v) is 10.8. The number of methoxy groups -OCH3 is 1. The molecule has 0 bridgehead atoms. The molecule has 0 aliphatic heterocycles. The van der Waals surface area contributed by atoms with Crippen LogP contribution in [0.15, 0.2) is 24.3 Å². The van der Waals surface area contributed by atoms with Crippen molar-refractivity contribution in [1.82, 2.24) is 9.55 Å². The topological polar surface area (TPSA) is 70.1 Å². The Morgan fingerprint density at radius 1 is 1.50 bits per heavy atom. The Kier molecular flexibility index (Phi) is 3.09. The summed E-state index contributed by atoms with van der Waals surface area (Å²) in [5, 5.41) is 0. The van der Waals surface area contributed by atoms with Gasteiger partial charge in [0.1, 0.15) is 11.4 Å². The summed E-state index contributed by atoms with van der Waals surface area (Å²) in [5.41, 5.74) is 6.80. The second-order valence-electron chi connectivity index (χ2n) is 4.64. The van der Waals surface area contributed by atoms with Crippen molar-refractivity contribution in [2.45, 2.75) is 25.9 Å². The van der Waals surface area contributed by atoms with Crippen LogP contribution < -0.4 is 5.73 Å². The van der Waals surface area contributed by atoms with Crippen molar-refractivity contribution in [1.29, 1.82) is 0 Å². The lowest BCUT2D eigenvalue weighted by atomic mass is 10.0. The van der Waals surface area contributed by atoms with Crippen LogP contribution in [0.1, 0.15) is 12.7 Å². The number of fused-ring (bicyclic) bond motifs is 1. The number of para-hydroxylation sites is 2. The molecule has 0 aliphatic rings. The Hall–Kier alpha value is -1.88. The molecule has 0 fully saturated rings. The average Bonchev–Trinajstić information content (AvgIpc) is 2.65. The molecule has 0 amide bonds. The maximum Gasteiger partial charge on any atom is 0.327 e. The van der Waals surface area contributed by atoms with Crippen LogP contribution in [0.2, 0.25) is 0 Å². The summed E-state index contributed by atoms with van der Waals surface area (Å²) in [6.45, 7) is 3.90. The number of hydrogen-bond donors (Lipinski definition) is 1. The van der Waals surface area contributed by atoms with Crippen molar-refractivity contribution in [3.63, 3.8) is 0 Å². The number of carbonyl (C=O) groups excluding carboxylic acids is 1. The minimum Gasteiger partial charge on any atom is -0.468 e. The second-order valence-corrected chi connectivity index (χ2v) is 4.64. The number of benzene rings is 1. The first kappa shape index (κ1) is 12.6. The number of esters is 1. The molecule has 0 saturated carbocycles. The molecule has 1 unspecified atom stereocenters. The molecule has 0 saturated heterocycles. The predicted octanol–water partition coefficient (Wildman–Crippen LogP) is 1.24. The van der Waals surface area contributed by atoms with Crippen molar-refractivity contribution in [2.75, 3.05) is 7.11 Å². The highest BCUT2D eigenvalue weighted by atomic mass is 16.5. The highest BCUT2D eigenvalue weighted by molar-refractivity contribution is 5.81. The number of carbonyl (C=O) groups is 1. The van der Waals surface area contributed by atoms with Crippen LogP contribution in [0, 0.1) is 6.92 Å². The van der Waals surface area contributed by atoms with Gasteiger partial charge in [-0.05, 0) is 26.0 Å². The third-order valence-electron chi connectivity index (χ3n) is 2.98. The largest absolute Gasteiger partial charge is 0.468 e. The van der Waals surface area contributed by atoms with Crippen LogP contribution in [0.3, 0.4) is 0 Å². The maximum absolute atomic E-state index is 11.6. The van der Waals surface area contributed by atoms with Crippen LogP contribution in [0.4, 0.5) is 0 Å². The molecule has 1 aromatic carbocycles. The lowest BCUT2D eigenvalue weighted by molar-refractivity contribution is -0.146. The first-order valence-corrected chi connectivity index (χ1v) is 5.75. The van der Waals surface area contributed by atoms with Gasteiger partial charge in [-0.2, -0.15) is 0 Å². The molecule has 2 rings (SSSR count). The Bertz CT molecular complexity index is 587. The summed E-state index contributed by atoms with van der Waals surface area (Å²) in [4.78, 5) is 16.1. The lowest BCUT2D eigenvalue weighted by Gasteiger charge is -2.23.